The summed E-state index contributed by atoms with van der Waals surface area (Å²) in [5, 5.41) is 8.92. The fraction of sp³-hybridized carbons (Fsp3) is 0.364. The summed E-state index contributed by atoms with van der Waals surface area (Å²) in [5.74, 6) is -2.49. The van der Waals surface area contributed by atoms with E-state index in [1.807, 2.05) is 0 Å². The Bertz CT molecular complexity index is 597. The fourth-order valence-corrected chi connectivity index (χ4v) is 3.27. The van der Waals surface area contributed by atoms with E-state index in [-0.39, 0.29) is 5.69 Å². The lowest BCUT2D eigenvalue weighted by molar-refractivity contribution is 0.0693. The van der Waals surface area contributed by atoms with Crippen molar-refractivity contribution in [3.63, 3.8) is 0 Å². The van der Waals surface area contributed by atoms with Gasteiger partial charge in [0, 0.05) is 13.1 Å². The Balaban J connectivity index is 2.33. The number of carboxylic acid groups (broad SMARTS) is 1. The second kappa shape index (κ2) is 5.14. The van der Waals surface area contributed by atoms with Gasteiger partial charge in [0.05, 0.1) is 5.69 Å². The Morgan fingerprint density at radius 3 is 2.53 bits per heavy atom. The summed E-state index contributed by atoms with van der Waals surface area (Å²) in [6, 6.07) is 3.45. The zero-order valence-electron chi connectivity index (χ0n) is 9.97. The summed E-state index contributed by atoms with van der Waals surface area (Å²) in [6.07, 6.45) is 1.52. The van der Waals surface area contributed by atoms with Crippen molar-refractivity contribution in [1.82, 2.24) is 4.31 Å². The van der Waals surface area contributed by atoms with E-state index in [2.05, 4.69) is 4.72 Å². The number of aromatic carboxylic acids is 1. The number of halogens is 1. The lowest BCUT2D eigenvalue weighted by Gasteiger charge is -2.17. The number of nitrogens with one attached hydrogen (secondary N) is 1. The van der Waals surface area contributed by atoms with Crippen molar-refractivity contribution in [2.24, 2.45) is 0 Å². The molecule has 0 unspecified atom stereocenters. The van der Waals surface area contributed by atoms with Crippen LogP contribution in [0.4, 0.5) is 10.1 Å². The molecule has 1 heterocycles. The molecule has 1 aromatic rings. The monoisotopic (exact) mass is 288 g/mol. The van der Waals surface area contributed by atoms with Crippen LogP contribution in [0.2, 0.25) is 0 Å². The van der Waals surface area contributed by atoms with E-state index in [9.17, 15) is 17.6 Å². The number of carbonyl (C=O) groups is 1. The third kappa shape index (κ3) is 2.85. The average molecular weight is 288 g/mol. The molecule has 0 radical (unpaired) electrons. The summed E-state index contributed by atoms with van der Waals surface area (Å²) < 4.78 is 40.7. The van der Waals surface area contributed by atoms with E-state index >= 15 is 0 Å². The Labute approximate surface area is 110 Å². The Hall–Kier alpha value is -1.67. The van der Waals surface area contributed by atoms with E-state index in [0.717, 1.165) is 18.9 Å². The van der Waals surface area contributed by atoms with Crippen LogP contribution in [-0.2, 0) is 10.2 Å². The number of anilines is 1. The second-order valence-electron chi connectivity index (χ2n) is 4.18. The second-order valence-corrected chi connectivity index (χ2v) is 5.85. The van der Waals surface area contributed by atoms with Gasteiger partial charge in [-0.3, -0.25) is 4.72 Å². The van der Waals surface area contributed by atoms with E-state index in [0.29, 0.717) is 13.1 Å². The minimum Gasteiger partial charge on any atom is -0.478 e. The molecule has 0 aromatic heterocycles. The van der Waals surface area contributed by atoms with Gasteiger partial charge in [-0.2, -0.15) is 12.7 Å². The van der Waals surface area contributed by atoms with Crippen molar-refractivity contribution in [3.8, 4) is 0 Å². The van der Waals surface area contributed by atoms with E-state index in [4.69, 9.17) is 5.11 Å². The van der Waals surface area contributed by atoms with Gasteiger partial charge >= 0.3 is 16.2 Å². The highest BCUT2D eigenvalue weighted by atomic mass is 32.2. The minimum atomic E-state index is -3.83. The number of hydrogen-bond acceptors (Lipinski definition) is 3. The first-order chi connectivity index (χ1) is 8.92. The maximum absolute atomic E-state index is 13.4. The molecule has 1 saturated heterocycles. The molecule has 19 heavy (non-hydrogen) atoms. The van der Waals surface area contributed by atoms with Gasteiger partial charge in [0.1, 0.15) is 11.4 Å². The molecular weight excluding hydrogens is 275 g/mol. The first kappa shape index (κ1) is 13.8. The molecule has 0 bridgehead atoms. The van der Waals surface area contributed by atoms with Crippen molar-refractivity contribution in [2.45, 2.75) is 12.8 Å². The van der Waals surface area contributed by atoms with Crippen LogP contribution in [0.15, 0.2) is 18.2 Å². The van der Waals surface area contributed by atoms with Gasteiger partial charge < -0.3 is 5.11 Å². The smallest absolute Gasteiger partial charge is 0.340 e. The molecule has 0 aliphatic carbocycles. The van der Waals surface area contributed by atoms with Crippen LogP contribution < -0.4 is 4.72 Å². The lowest BCUT2D eigenvalue weighted by Crippen LogP contribution is -2.33. The molecule has 1 fully saturated rings. The van der Waals surface area contributed by atoms with Gasteiger partial charge in [0.2, 0.25) is 0 Å². The van der Waals surface area contributed by atoms with Crippen LogP contribution in [0.1, 0.15) is 23.2 Å². The van der Waals surface area contributed by atoms with Crippen LogP contribution in [0, 0.1) is 5.82 Å². The van der Waals surface area contributed by atoms with Gasteiger partial charge in [0.25, 0.3) is 0 Å². The Kier molecular flexibility index (Phi) is 3.72. The molecule has 2 rings (SSSR count). The lowest BCUT2D eigenvalue weighted by atomic mass is 10.2. The normalized spacial score (nSPS) is 16.5. The van der Waals surface area contributed by atoms with Crippen LogP contribution in [0.25, 0.3) is 0 Å². The van der Waals surface area contributed by atoms with Crippen molar-refractivity contribution >= 4 is 21.9 Å². The summed E-state index contributed by atoms with van der Waals surface area (Å²) in [7, 11) is -3.83. The van der Waals surface area contributed by atoms with Crippen molar-refractivity contribution in [1.29, 1.82) is 0 Å². The maximum atomic E-state index is 13.4. The molecule has 0 atom stereocenters. The summed E-state index contributed by atoms with van der Waals surface area (Å²) in [6.45, 7) is 0.764. The molecule has 104 valence electrons. The maximum Gasteiger partial charge on any atom is 0.340 e. The molecule has 8 heteroatoms. The van der Waals surface area contributed by atoms with E-state index in [1.54, 1.807) is 0 Å². The Morgan fingerprint density at radius 2 is 1.95 bits per heavy atom. The largest absolute Gasteiger partial charge is 0.478 e. The third-order valence-corrected chi connectivity index (χ3v) is 4.39. The summed E-state index contributed by atoms with van der Waals surface area (Å²) >= 11 is 0. The van der Waals surface area contributed by atoms with E-state index in [1.165, 1.54) is 16.4 Å². The highest BCUT2D eigenvalue weighted by molar-refractivity contribution is 7.90. The Morgan fingerprint density at radius 1 is 1.32 bits per heavy atom. The highest BCUT2D eigenvalue weighted by Crippen LogP contribution is 2.22. The zero-order chi connectivity index (χ0) is 14.0. The molecule has 0 saturated carbocycles. The number of nitrogens with zero attached hydrogens (tertiary/aromatic N) is 1. The first-order valence-corrected chi connectivity index (χ1v) is 7.15. The van der Waals surface area contributed by atoms with Crippen LogP contribution >= 0.6 is 0 Å². The zero-order valence-corrected chi connectivity index (χ0v) is 10.8. The van der Waals surface area contributed by atoms with Gasteiger partial charge in [-0.05, 0) is 25.0 Å². The molecule has 2 N–H and O–H groups in total. The predicted octanol–water partition coefficient (Wildman–Crippen LogP) is 1.28. The third-order valence-electron chi connectivity index (χ3n) is 2.87. The standard InChI is InChI=1S/C11H13FN2O4S/c12-8-4-3-5-9(10(8)11(15)16)13-19(17,18)14-6-1-2-7-14/h3-5,13H,1-2,6-7H2,(H,15,16). The summed E-state index contributed by atoms with van der Waals surface area (Å²) in [4.78, 5) is 11.0. The van der Waals surface area contributed by atoms with Crippen LogP contribution in [0.3, 0.4) is 0 Å². The molecule has 0 spiro atoms. The molecule has 1 aromatic carbocycles. The topological polar surface area (TPSA) is 86.7 Å². The van der Waals surface area contributed by atoms with Crippen LogP contribution in [0.5, 0.6) is 0 Å². The fourth-order valence-electron chi connectivity index (χ4n) is 1.96. The molecule has 1 aliphatic rings. The van der Waals surface area contributed by atoms with Crippen molar-refractivity contribution < 1.29 is 22.7 Å². The van der Waals surface area contributed by atoms with Gasteiger partial charge in [-0.25, -0.2) is 9.18 Å². The van der Waals surface area contributed by atoms with Crippen molar-refractivity contribution in [2.75, 3.05) is 17.8 Å². The predicted molar refractivity (Wildman–Crippen MR) is 66.7 cm³/mol. The molecular formula is C11H13FN2O4S. The average Bonchev–Trinajstić information content (AvgIpc) is 2.81. The van der Waals surface area contributed by atoms with Crippen LogP contribution in [-0.4, -0.2) is 36.9 Å². The number of rotatable bonds is 4. The first-order valence-electron chi connectivity index (χ1n) is 5.71. The molecule has 6 nitrogen and oxygen atoms in total. The minimum absolute atomic E-state index is 0.264. The number of benzene rings is 1. The van der Waals surface area contributed by atoms with Gasteiger partial charge in [0.15, 0.2) is 0 Å². The number of carboxylic acids is 1. The SMILES string of the molecule is O=C(O)c1c(F)cccc1NS(=O)(=O)N1CCCC1. The van der Waals surface area contributed by atoms with Gasteiger partial charge in [-0.1, -0.05) is 6.07 Å². The van der Waals surface area contributed by atoms with Crippen molar-refractivity contribution in [3.05, 3.63) is 29.6 Å². The highest BCUT2D eigenvalue weighted by Gasteiger charge is 2.27. The molecule has 1 aliphatic heterocycles. The molecule has 0 amide bonds. The number of hydrogen-bond donors (Lipinski definition) is 2. The summed E-state index contributed by atoms with van der Waals surface area (Å²) in [5.41, 5.74) is -0.940. The van der Waals surface area contributed by atoms with Gasteiger partial charge in [-0.15, -0.1) is 0 Å². The quantitative estimate of drug-likeness (QED) is 0.873. The van der Waals surface area contributed by atoms with E-state index < -0.39 is 27.6 Å².